The first-order valence-corrected chi connectivity index (χ1v) is 8.72. The van der Waals surface area contributed by atoms with Gasteiger partial charge in [0.1, 0.15) is 5.82 Å². The molecule has 1 aromatic heterocycles. The van der Waals surface area contributed by atoms with E-state index in [0.29, 0.717) is 11.9 Å². The van der Waals surface area contributed by atoms with Crippen molar-refractivity contribution in [1.82, 2.24) is 14.9 Å². The van der Waals surface area contributed by atoms with Gasteiger partial charge in [-0.25, -0.2) is 4.98 Å². The minimum absolute atomic E-state index is 0.170. The second-order valence-electron chi connectivity index (χ2n) is 6.05. The lowest BCUT2D eigenvalue weighted by molar-refractivity contribution is -0.136. The third-order valence-electron chi connectivity index (χ3n) is 4.43. The van der Waals surface area contributed by atoms with Crippen molar-refractivity contribution >= 4 is 17.7 Å². The van der Waals surface area contributed by atoms with Gasteiger partial charge in [-0.15, -0.1) is 0 Å². The van der Waals surface area contributed by atoms with E-state index >= 15 is 0 Å². The Kier molecular flexibility index (Phi) is 6.19. The van der Waals surface area contributed by atoms with Gasteiger partial charge in [-0.1, -0.05) is 13.8 Å². The standard InChI is InChI=1S/C17H29N5O/c1-5-14(6-2)16(23)22-10-8-21(9-11-22)15-12-13(4)19-17(20-15)18-7-3/h12,14H,5-11H2,1-4H3,(H,18,19,20). The first-order chi connectivity index (χ1) is 11.1. The Morgan fingerprint density at radius 1 is 1.17 bits per heavy atom. The summed E-state index contributed by atoms with van der Waals surface area (Å²) in [5, 5.41) is 3.17. The molecule has 23 heavy (non-hydrogen) atoms. The van der Waals surface area contributed by atoms with Crippen LogP contribution in [0.4, 0.5) is 11.8 Å². The molecule has 0 unspecified atom stereocenters. The molecular weight excluding hydrogens is 290 g/mol. The zero-order valence-corrected chi connectivity index (χ0v) is 14.8. The lowest BCUT2D eigenvalue weighted by Crippen LogP contribution is -2.50. The van der Waals surface area contributed by atoms with Crippen molar-refractivity contribution < 1.29 is 4.79 Å². The zero-order valence-electron chi connectivity index (χ0n) is 14.8. The summed E-state index contributed by atoms with van der Waals surface area (Å²) in [6, 6.07) is 2.01. The molecule has 0 aromatic carbocycles. The van der Waals surface area contributed by atoms with Crippen LogP contribution in [0, 0.1) is 12.8 Å². The molecule has 0 saturated carbocycles. The van der Waals surface area contributed by atoms with E-state index in [-0.39, 0.29) is 5.92 Å². The van der Waals surface area contributed by atoms with Gasteiger partial charge in [0.15, 0.2) is 0 Å². The van der Waals surface area contributed by atoms with Crippen LogP contribution in [-0.4, -0.2) is 53.5 Å². The molecule has 0 bridgehead atoms. The first-order valence-electron chi connectivity index (χ1n) is 8.72. The molecule has 1 aliphatic heterocycles. The average molecular weight is 319 g/mol. The predicted octanol–water partition coefficient (Wildman–Crippen LogP) is 2.30. The molecule has 128 valence electrons. The molecule has 6 nitrogen and oxygen atoms in total. The molecule has 2 heterocycles. The number of hydrogen-bond acceptors (Lipinski definition) is 5. The highest BCUT2D eigenvalue weighted by Gasteiger charge is 2.26. The van der Waals surface area contributed by atoms with E-state index in [1.807, 2.05) is 24.8 Å². The Hall–Kier alpha value is -1.85. The number of hydrogen-bond donors (Lipinski definition) is 1. The van der Waals surface area contributed by atoms with Crippen LogP contribution in [0.5, 0.6) is 0 Å². The van der Waals surface area contributed by atoms with Gasteiger partial charge in [-0.2, -0.15) is 4.98 Å². The smallest absolute Gasteiger partial charge is 0.225 e. The van der Waals surface area contributed by atoms with Gasteiger partial charge >= 0.3 is 0 Å². The van der Waals surface area contributed by atoms with E-state index in [1.54, 1.807) is 0 Å². The molecule has 0 atom stereocenters. The zero-order chi connectivity index (χ0) is 16.8. The van der Waals surface area contributed by atoms with Crippen molar-refractivity contribution in [2.24, 2.45) is 5.92 Å². The number of aryl methyl sites for hydroxylation is 1. The maximum Gasteiger partial charge on any atom is 0.225 e. The Labute approximate surface area is 139 Å². The molecule has 1 saturated heterocycles. The molecule has 1 aliphatic rings. The minimum atomic E-state index is 0.170. The number of nitrogens with one attached hydrogen (secondary N) is 1. The van der Waals surface area contributed by atoms with Gasteiger partial charge in [0.25, 0.3) is 0 Å². The summed E-state index contributed by atoms with van der Waals surface area (Å²) in [6.07, 6.45) is 1.85. The van der Waals surface area contributed by atoms with E-state index in [4.69, 9.17) is 0 Å². The summed E-state index contributed by atoms with van der Waals surface area (Å²) in [4.78, 5) is 25.7. The second kappa shape index (κ2) is 8.13. The van der Waals surface area contributed by atoms with Gasteiger partial charge in [0.2, 0.25) is 11.9 Å². The van der Waals surface area contributed by atoms with Gasteiger partial charge < -0.3 is 15.1 Å². The number of anilines is 2. The summed E-state index contributed by atoms with van der Waals surface area (Å²) in [6.45, 7) is 12.2. The average Bonchev–Trinajstić information content (AvgIpc) is 2.56. The van der Waals surface area contributed by atoms with Crippen LogP contribution in [0.2, 0.25) is 0 Å². The Morgan fingerprint density at radius 2 is 1.83 bits per heavy atom. The Bertz CT molecular complexity index is 522. The Morgan fingerprint density at radius 3 is 2.39 bits per heavy atom. The summed E-state index contributed by atoms with van der Waals surface area (Å²) in [5.74, 6) is 2.10. The number of carbonyl (C=O) groups excluding carboxylic acids is 1. The highest BCUT2D eigenvalue weighted by Crippen LogP contribution is 2.19. The molecule has 1 N–H and O–H groups in total. The van der Waals surface area contributed by atoms with E-state index in [2.05, 4.69) is 34.0 Å². The van der Waals surface area contributed by atoms with Crippen molar-refractivity contribution in [2.45, 2.75) is 40.5 Å². The summed E-state index contributed by atoms with van der Waals surface area (Å²) in [5.41, 5.74) is 0.960. The third-order valence-corrected chi connectivity index (χ3v) is 4.43. The Balaban J connectivity index is 2.00. The molecule has 1 amide bonds. The fourth-order valence-corrected chi connectivity index (χ4v) is 3.00. The number of carbonyl (C=O) groups is 1. The summed E-state index contributed by atoms with van der Waals surface area (Å²) >= 11 is 0. The second-order valence-corrected chi connectivity index (χ2v) is 6.05. The van der Waals surface area contributed by atoms with Crippen LogP contribution in [0.25, 0.3) is 0 Å². The lowest BCUT2D eigenvalue weighted by atomic mass is 10.0. The highest BCUT2D eigenvalue weighted by atomic mass is 16.2. The van der Waals surface area contributed by atoms with Crippen LogP contribution in [-0.2, 0) is 4.79 Å². The van der Waals surface area contributed by atoms with E-state index in [1.165, 1.54) is 0 Å². The molecule has 0 radical (unpaired) electrons. The van der Waals surface area contributed by atoms with E-state index in [9.17, 15) is 4.79 Å². The number of aromatic nitrogens is 2. The van der Waals surface area contributed by atoms with Crippen molar-refractivity contribution in [2.75, 3.05) is 42.9 Å². The maximum absolute atomic E-state index is 12.5. The number of nitrogens with zero attached hydrogens (tertiary/aromatic N) is 4. The summed E-state index contributed by atoms with van der Waals surface area (Å²) in [7, 11) is 0. The van der Waals surface area contributed by atoms with Crippen molar-refractivity contribution in [3.05, 3.63) is 11.8 Å². The SMILES string of the molecule is CCNc1nc(C)cc(N2CCN(C(=O)C(CC)CC)CC2)n1. The van der Waals surface area contributed by atoms with Crippen LogP contribution in [0.1, 0.15) is 39.3 Å². The van der Waals surface area contributed by atoms with Crippen molar-refractivity contribution in [3.8, 4) is 0 Å². The van der Waals surface area contributed by atoms with Crippen LogP contribution in [0.15, 0.2) is 6.07 Å². The van der Waals surface area contributed by atoms with Gasteiger partial charge in [-0.3, -0.25) is 4.79 Å². The lowest BCUT2D eigenvalue weighted by Gasteiger charge is -2.37. The molecule has 2 rings (SSSR count). The van der Waals surface area contributed by atoms with Crippen molar-refractivity contribution in [3.63, 3.8) is 0 Å². The molecule has 1 fully saturated rings. The summed E-state index contributed by atoms with van der Waals surface area (Å²) < 4.78 is 0. The van der Waals surface area contributed by atoms with Gasteiger partial charge in [0, 0.05) is 50.4 Å². The van der Waals surface area contributed by atoms with Gasteiger partial charge in [-0.05, 0) is 26.7 Å². The molecule has 0 aliphatic carbocycles. The highest BCUT2D eigenvalue weighted by molar-refractivity contribution is 5.79. The first kappa shape index (κ1) is 17.5. The van der Waals surface area contributed by atoms with Crippen LogP contribution < -0.4 is 10.2 Å². The quantitative estimate of drug-likeness (QED) is 0.872. The van der Waals surface area contributed by atoms with E-state index < -0.39 is 0 Å². The fourth-order valence-electron chi connectivity index (χ4n) is 3.00. The molecule has 6 heteroatoms. The third kappa shape index (κ3) is 4.33. The normalized spacial score (nSPS) is 15.2. The number of amides is 1. The van der Waals surface area contributed by atoms with Crippen molar-refractivity contribution in [1.29, 1.82) is 0 Å². The molecule has 0 spiro atoms. The maximum atomic E-state index is 12.5. The predicted molar refractivity (Wildman–Crippen MR) is 93.8 cm³/mol. The largest absolute Gasteiger partial charge is 0.354 e. The van der Waals surface area contributed by atoms with Gasteiger partial charge in [0.05, 0.1) is 0 Å². The monoisotopic (exact) mass is 319 g/mol. The number of rotatable bonds is 6. The minimum Gasteiger partial charge on any atom is -0.354 e. The van der Waals surface area contributed by atoms with Crippen LogP contribution in [0.3, 0.4) is 0 Å². The number of piperazine rings is 1. The molecular formula is C17H29N5O. The van der Waals surface area contributed by atoms with Crippen LogP contribution >= 0.6 is 0 Å². The topological polar surface area (TPSA) is 61.4 Å². The van der Waals surface area contributed by atoms with E-state index in [0.717, 1.165) is 57.1 Å². The fraction of sp³-hybridized carbons (Fsp3) is 0.706. The molecule has 1 aromatic rings.